The minimum Gasteiger partial charge on any atom is -0.393 e. The van der Waals surface area contributed by atoms with Crippen molar-refractivity contribution >= 4 is 5.78 Å². The second-order valence-electron chi connectivity index (χ2n) is 2.50. The standard InChI is InChI=1S/C7H14O5/c1-4(9)7(12-2)6(11)5(10)3-8/h4-5,7-10H,3H2,1-2H3/t4-,5+,7+/m1/s1. The van der Waals surface area contributed by atoms with E-state index in [2.05, 4.69) is 4.74 Å². The molecule has 0 amide bonds. The predicted molar refractivity (Wildman–Crippen MR) is 40.6 cm³/mol. The first-order valence-corrected chi connectivity index (χ1v) is 3.58. The molecule has 0 saturated carbocycles. The van der Waals surface area contributed by atoms with Crippen LogP contribution in [0.3, 0.4) is 0 Å². The Morgan fingerprint density at radius 2 is 2.00 bits per heavy atom. The van der Waals surface area contributed by atoms with E-state index in [1.165, 1.54) is 14.0 Å². The molecule has 0 saturated heterocycles. The zero-order chi connectivity index (χ0) is 9.72. The van der Waals surface area contributed by atoms with Gasteiger partial charge < -0.3 is 20.1 Å². The van der Waals surface area contributed by atoms with Crippen molar-refractivity contribution in [1.29, 1.82) is 0 Å². The fourth-order valence-corrected chi connectivity index (χ4v) is 0.830. The van der Waals surface area contributed by atoms with Crippen molar-refractivity contribution in [1.82, 2.24) is 0 Å². The fraction of sp³-hybridized carbons (Fsp3) is 0.857. The molecule has 5 nitrogen and oxygen atoms in total. The van der Waals surface area contributed by atoms with Crippen LogP contribution in [0.4, 0.5) is 0 Å². The molecule has 0 aliphatic heterocycles. The van der Waals surface area contributed by atoms with Gasteiger partial charge in [0.2, 0.25) is 0 Å². The summed E-state index contributed by atoms with van der Waals surface area (Å²) in [5.74, 6) is -0.713. The van der Waals surface area contributed by atoms with Gasteiger partial charge in [0.15, 0.2) is 5.78 Å². The average Bonchev–Trinajstić information content (AvgIpc) is 2.03. The normalized spacial score (nSPS) is 18.4. The molecule has 3 atom stereocenters. The van der Waals surface area contributed by atoms with Gasteiger partial charge in [-0.15, -0.1) is 0 Å². The predicted octanol–water partition coefficient (Wildman–Crippen LogP) is -1.70. The van der Waals surface area contributed by atoms with Crippen LogP contribution in [0.2, 0.25) is 0 Å². The quantitative estimate of drug-likeness (QED) is 0.467. The highest BCUT2D eigenvalue weighted by molar-refractivity contribution is 5.87. The van der Waals surface area contributed by atoms with Crippen LogP contribution in [0, 0.1) is 0 Å². The second-order valence-corrected chi connectivity index (χ2v) is 2.50. The van der Waals surface area contributed by atoms with Gasteiger partial charge in [-0.2, -0.15) is 0 Å². The summed E-state index contributed by atoms with van der Waals surface area (Å²) in [6, 6.07) is 0. The van der Waals surface area contributed by atoms with Crippen molar-refractivity contribution in [2.24, 2.45) is 0 Å². The lowest BCUT2D eigenvalue weighted by Gasteiger charge is -2.18. The molecule has 0 spiro atoms. The number of ether oxygens (including phenoxy) is 1. The Bertz CT molecular complexity index is 145. The maximum absolute atomic E-state index is 11.1. The number of aliphatic hydroxyl groups excluding tert-OH is 3. The summed E-state index contributed by atoms with van der Waals surface area (Å²) in [5, 5.41) is 26.3. The van der Waals surface area contributed by atoms with Crippen LogP contribution in [0.1, 0.15) is 6.92 Å². The van der Waals surface area contributed by atoms with E-state index in [4.69, 9.17) is 15.3 Å². The van der Waals surface area contributed by atoms with Crippen LogP contribution in [-0.2, 0) is 9.53 Å². The molecular formula is C7H14O5. The third-order valence-electron chi connectivity index (χ3n) is 1.47. The van der Waals surface area contributed by atoms with Gasteiger partial charge in [-0.05, 0) is 6.92 Å². The summed E-state index contributed by atoms with van der Waals surface area (Å²) < 4.78 is 4.63. The van der Waals surface area contributed by atoms with E-state index >= 15 is 0 Å². The number of carbonyl (C=O) groups is 1. The second kappa shape index (κ2) is 5.21. The van der Waals surface area contributed by atoms with Crippen LogP contribution in [-0.4, -0.2) is 53.1 Å². The summed E-state index contributed by atoms with van der Waals surface area (Å²) >= 11 is 0. The number of methoxy groups -OCH3 is 1. The van der Waals surface area contributed by atoms with Gasteiger partial charge in [0.25, 0.3) is 0 Å². The van der Waals surface area contributed by atoms with Gasteiger partial charge in [0, 0.05) is 7.11 Å². The third kappa shape index (κ3) is 2.86. The number of rotatable bonds is 5. The Hall–Kier alpha value is -0.490. The van der Waals surface area contributed by atoms with Crippen molar-refractivity contribution in [2.75, 3.05) is 13.7 Å². The van der Waals surface area contributed by atoms with Gasteiger partial charge in [-0.3, -0.25) is 4.79 Å². The highest BCUT2D eigenvalue weighted by Crippen LogP contribution is 2.02. The molecule has 0 aliphatic carbocycles. The maximum Gasteiger partial charge on any atom is 0.194 e. The summed E-state index contributed by atoms with van der Waals surface area (Å²) in [6.45, 7) is 0.710. The molecule has 0 rings (SSSR count). The van der Waals surface area contributed by atoms with Crippen LogP contribution < -0.4 is 0 Å². The van der Waals surface area contributed by atoms with Crippen LogP contribution in [0.5, 0.6) is 0 Å². The molecule has 0 bridgehead atoms. The van der Waals surface area contributed by atoms with Gasteiger partial charge in [0.1, 0.15) is 12.2 Å². The molecule has 0 aromatic carbocycles. The van der Waals surface area contributed by atoms with Crippen molar-refractivity contribution < 1.29 is 24.9 Å². The molecule has 12 heavy (non-hydrogen) atoms. The molecule has 0 unspecified atom stereocenters. The Labute approximate surface area is 70.6 Å². The van der Waals surface area contributed by atoms with E-state index in [-0.39, 0.29) is 0 Å². The molecule has 5 heteroatoms. The smallest absolute Gasteiger partial charge is 0.194 e. The lowest BCUT2D eigenvalue weighted by atomic mass is 10.1. The molecule has 0 radical (unpaired) electrons. The van der Waals surface area contributed by atoms with Crippen LogP contribution in [0.15, 0.2) is 0 Å². The molecule has 0 aliphatic rings. The Balaban J connectivity index is 4.21. The molecular weight excluding hydrogens is 164 g/mol. The fourth-order valence-electron chi connectivity index (χ4n) is 0.830. The average molecular weight is 178 g/mol. The topological polar surface area (TPSA) is 87.0 Å². The Morgan fingerprint density at radius 3 is 2.25 bits per heavy atom. The molecule has 0 fully saturated rings. The number of ketones is 1. The lowest BCUT2D eigenvalue weighted by molar-refractivity contribution is -0.145. The number of aliphatic hydroxyl groups is 3. The van der Waals surface area contributed by atoms with E-state index in [1.807, 2.05) is 0 Å². The molecule has 72 valence electrons. The molecule has 0 heterocycles. The van der Waals surface area contributed by atoms with E-state index in [1.54, 1.807) is 0 Å². The number of carbonyl (C=O) groups excluding carboxylic acids is 1. The van der Waals surface area contributed by atoms with Crippen molar-refractivity contribution in [3.8, 4) is 0 Å². The third-order valence-corrected chi connectivity index (χ3v) is 1.47. The summed E-state index contributed by atoms with van der Waals surface area (Å²) in [5.41, 5.74) is 0. The van der Waals surface area contributed by atoms with Crippen molar-refractivity contribution in [2.45, 2.75) is 25.2 Å². The van der Waals surface area contributed by atoms with Crippen LogP contribution >= 0.6 is 0 Å². The minimum absolute atomic E-state index is 0.661. The Morgan fingerprint density at radius 1 is 1.50 bits per heavy atom. The highest BCUT2D eigenvalue weighted by Gasteiger charge is 2.28. The first-order valence-electron chi connectivity index (χ1n) is 3.58. The zero-order valence-electron chi connectivity index (χ0n) is 7.10. The summed E-state index contributed by atoms with van der Waals surface area (Å²) in [6.07, 6.45) is -3.56. The minimum atomic E-state index is -1.48. The van der Waals surface area contributed by atoms with E-state index in [9.17, 15) is 4.79 Å². The van der Waals surface area contributed by atoms with E-state index in [0.29, 0.717) is 0 Å². The first-order chi connectivity index (χ1) is 5.54. The zero-order valence-corrected chi connectivity index (χ0v) is 7.10. The van der Waals surface area contributed by atoms with E-state index < -0.39 is 30.7 Å². The largest absolute Gasteiger partial charge is 0.393 e. The number of Topliss-reactive ketones (excluding diaryl/α,β-unsaturated/α-hetero) is 1. The van der Waals surface area contributed by atoms with Gasteiger partial charge in [-0.1, -0.05) is 0 Å². The van der Waals surface area contributed by atoms with E-state index in [0.717, 1.165) is 0 Å². The lowest BCUT2D eigenvalue weighted by Crippen LogP contribution is -2.41. The van der Waals surface area contributed by atoms with Gasteiger partial charge in [-0.25, -0.2) is 0 Å². The van der Waals surface area contributed by atoms with Crippen molar-refractivity contribution in [3.63, 3.8) is 0 Å². The monoisotopic (exact) mass is 178 g/mol. The summed E-state index contributed by atoms with van der Waals surface area (Å²) in [4.78, 5) is 11.1. The van der Waals surface area contributed by atoms with Gasteiger partial charge in [0.05, 0.1) is 12.7 Å². The first kappa shape index (κ1) is 11.5. The number of hydrogen-bond donors (Lipinski definition) is 3. The maximum atomic E-state index is 11.1. The number of hydrogen-bond acceptors (Lipinski definition) is 5. The SMILES string of the molecule is CO[C@H](C(=O)[C@@H](O)CO)[C@@H](C)O. The highest BCUT2D eigenvalue weighted by atomic mass is 16.5. The Kier molecular flexibility index (Phi) is 5.00. The van der Waals surface area contributed by atoms with Crippen molar-refractivity contribution in [3.05, 3.63) is 0 Å². The molecule has 3 N–H and O–H groups in total. The molecule has 0 aromatic rings. The summed E-state index contributed by atoms with van der Waals surface area (Å²) in [7, 11) is 1.25. The van der Waals surface area contributed by atoms with Crippen LogP contribution in [0.25, 0.3) is 0 Å². The molecule has 0 aromatic heterocycles. The van der Waals surface area contributed by atoms with Gasteiger partial charge >= 0.3 is 0 Å².